The summed E-state index contributed by atoms with van der Waals surface area (Å²) < 4.78 is 0. The van der Waals surface area contributed by atoms with Crippen LogP contribution in [-0.4, -0.2) is 5.11 Å². The molecule has 1 nitrogen and oxygen atoms in total. The van der Waals surface area contributed by atoms with Gasteiger partial charge in [-0.05, 0) is 33.8 Å². The molecule has 0 saturated heterocycles. The number of aromatic hydroxyl groups is 1. The number of hydrogen-bond donors (Lipinski definition) is 1. The first-order valence-electron chi connectivity index (χ1n) is 7.50. The molecule has 0 fully saturated rings. The number of thioether (sulfide) groups is 1. The van der Waals surface area contributed by atoms with Crippen LogP contribution in [0.25, 0.3) is 0 Å². The van der Waals surface area contributed by atoms with Crippen molar-refractivity contribution in [3.05, 3.63) is 46.4 Å². The first-order valence-corrected chi connectivity index (χ1v) is 8.32. The second-order valence-corrected chi connectivity index (χ2v) is 8.91. The van der Waals surface area contributed by atoms with Crippen molar-refractivity contribution in [3.63, 3.8) is 0 Å². The molecule has 2 heteroatoms. The van der Waals surface area contributed by atoms with Gasteiger partial charge < -0.3 is 5.11 Å². The molecule has 0 saturated carbocycles. The molecule has 114 valence electrons. The predicted molar refractivity (Wildman–Crippen MR) is 93.2 cm³/mol. The average Bonchev–Trinajstić information content (AvgIpc) is 2.81. The van der Waals surface area contributed by atoms with Crippen molar-refractivity contribution in [1.29, 1.82) is 0 Å². The minimum absolute atomic E-state index is 0.0665. The molecule has 1 aliphatic rings. The van der Waals surface area contributed by atoms with E-state index in [4.69, 9.17) is 0 Å². The molecular weight excluding hydrogens is 276 g/mol. The van der Waals surface area contributed by atoms with Gasteiger partial charge in [0, 0.05) is 5.56 Å². The molecule has 0 amide bonds. The minimum atomic E-state index is -0.0665. The van der Waals surface area contributed by atoms with E-state index in [1.54, 1.807) is 11.8 Å². The summed E-state index contributed by atoms with van der Waals surface area (Å²) in [5.74, 6) is 0.438. The van der Waals surface area contributed by atoms with Crippen LogP contribution in [0.1, 0.15) is 59.1 Å². The van der Waals surface area contributed by atoms with Gasteiger partial charge in [0.1, 0.15) is 5.75 Å². The lowest BCUT2D eigenvalue weighted by atomic mass is 9.80. The third kappa shape index (κ3) is 3.74. The Bertz CT molecular complexity index is 595. The first-order chi connectivity index (χ1) is 9.59. The van der Waals surface area contributed by atoms with Crippen LogP contribution < -0.4 is 0 Å². The van der Waals surface area contributed by atoms with Gasteiger partial charge in [-0.2, -0.15) is 0 Å². The molecule has 0 radical (unpaired) electrons. The zero-order chi connectivity index (χ0) is 15.8. The summed E-state index contributed by atoms with van der Waals surface area (Å²) in [5.41, 5.74) is 2.32. The zero-order valence-corrected chi connectivity index (χ0v) is 14.8. The van der Waals surface area contributed by atoms with Crippen molar-refractivity contribution in [1.82, 2.24) is 0 Å². The smallest absolute Gasteiger partial charge is 0.133 e. The molecule has 1 aliphatic carbocycles. The highest BCUT2D eigenvalue weighted by molar-refractivity contribution is 8.03. The predicted octanol–water partition coefficient (Wildman–Crippen LogP) is 5.92. The van der Waals surface area contributed by atoms with E-state index in [1.165, 1.54) is 10.5 Å². The van der Waals surface area contributed by atoms with E-state index in [1.807, 2.05) is 0 Å². The molecule has 2 rings (SSSR count). The molecule has 0 aromatic heterocycles. The maximum atomic E-state index is 10.7. The Morgan fingerprint density at radius 3 is 2.14 bits per heavy atom. The summed E-state index contributed by atoms with van der Waals surface area (Å²) >= 11 is 1.69. The first kappa shape index (κ1) is 16.2. The van der Waals surface area contributed by atoms with Crippen molar-refractivity contribution in [3.8, 4) is 5.75 Å². The second-order valence-electron chi connectivity index (χ2n) is 7.74. The lowest BCUT2D eigenvalue weighted by Crippen LogP contribution is -2.16. The van der Waals surface area contributed by atoms with Crippen LogP contribution >= 0.6 is 11.8 Å². The van der Waals surface area contributed by atoms with Crippen LogP contribution in [0, 0.1) is 0 Å². The monoisotopic (exact) mass is 302 g/mol. The molecule has 0 atom stereocenters. The van der Waals surface area contributed by atoms with E-state index in [9.17, 15) is 5.11 Å². The summed E-state index contributed by atoms with van der Waals surface area (Å²) in [7, 11) is 0. The fourth-order valence-electron chi connectivity index (χ4n) is 2.33. The zero-order valence-electron chi connectivity index (χ0n) is 13.9. The number of hydrogen-bond acceptors (Lipinski definition) is 2. The molecule has 0 unspecified atom stereocenters. The van der Waals surface area contributed by atoms with Crippen LogP contribution in [0.2, 0.25) is 0 Å². The summed E-state index contributed by atoms with van der Waals surface area (Å²) in [6, 6.07) is 4.31. The van der Waals surface area contributed by atoms with E-state index in [0.29, 0.717) is 5.75 Å². The Hall–Kier alpha value is -1.15. The fraction of sp³-hybridized carbons (Fsp3) is 0.474. The van der Waals surface area contributed by atoms with Gasteiger partial charge in [0.25, 0.3) is 0 Å². The highest BCUT2D eigenvalue weighted by atomic mass is 32.2. The lowest BCUT2D eigenvalue weighted by molar-refractivity contribution is 0.432. The molecule has 1 aromatic rings. The topological polar surface area (TPSA) is 20.2 Å². The molecule has 0 bridgehead atoms. The third-order valence-electron chi connectivity index (χ3n) is 3.73. The van der Waals surface area contributed by atoms with Gasteiger partial charge in [0.15, 0.2) is 0 Å². The van der Waals surface area contributed by atoms with Crippen LogP contribution in [0.5, 0.6) is 5.75 Å². The summed E-state index contributed by atoms with van der Waals surface area (Å²) in [4.78, 5) is 2.26. The van der Waals surface area contributed by atoms with Crippen LogP contribution in [0.3, 0.4) is 0 Å². The van der Waals surface area contributed by atoms with E-state index < -0.39 is 0 Å². The van der Waals surface area contributed by atoms with Gasteiger partial charge in [-0.3, -0.25) is 0 Å². The Kier molecular flexibility index (Phi) is 4.30. The Morgan fingerprint density at radius 2 is 1.67 bits per heavy atom. The van der Waals surface area contributed by atoms with Gasteiger partial charge in [0.2, 0.25) is 0 Å². The summed E-state index contributed by atoms with van der Waals surface area (Å²) in [5, 5.41) is 10.7. The quantitative estimate of drug-likeness (QED) is 0.731. The summed E-state index contributed by atoms with van der Waals surface area (Å²) in [6.07, 6.45) is 7.33. The SMILES string of the molecule is CC(C)(C)c1cc(SC2=CC=CC2)c(O)c(C(C)(C)C)c1. The van der Waals surface area contributed by atoms with Crippen molar-refractivity contribution >= 4 is 11.8 Å². The van der Waals surface area contributed by atoms with Gasteiger partial charge in [0.05, 0.1) is 4.90 Å². The Morgan fingerprint density at radius 1 is 1.00 bits per heavy atom. The van der Waals surface area contributed by atoms with E-state index in [2.05, 4.69) is 71.9 Å². The third-order valence-corrected chi connectivity index (χ3v) is 4.82. The van der Waals surface area contributed by atoms with E-state index in [-0.39, 0.29) is 10.8 Å². The number of allylic oxidation sites excluding steroid dienone is 4. The molecule has 0 spiro atoms. The molecule has 0 heterocycles. The second kappa shape index (κ2) is 5.57. The highest BCUT2D eigenvalue weighted by Crippen LogP contribution is 2.44. The van der Waals surface area contributed by atoms with E-state index in [0.717, 1.165) is 16.9 Å². The van der Waals surface area contributed by atoms with E-state index >= 15 is 0 Å². The standard InChI is InChI=1S/C19H26OS/c1-18(2,3)13-11-15(19(4,5)6)17(20)16(12-13)21-14-9-7-8-10-14/h7-9,11-12,20H,10H2,1-6H3. The Balaban J connectivity index is 2.52. The number of rotatable bonds is 2. The van der Waals surface area contributed by atoms with Gasteiger partial charge in [-0.15, -0.1) is 0 Å². The van der Waals surface area contributed by atoms with Gasteiger partial charge in [-0.25, -0.2) is 0 Å². The average molecular weight is 302 g/mol. The molecule has 21 heavy (non-hydrogen) atoms. The number of benzene rings is 1. The molecule has 1 aromatic carbocycles. The molecule has 0 aliphatic heterocycles. The highest BCUT2D eigenvalue weighted by Gasteiger charge is 2.25. The van der Waals surface area contributed by atoms with Crippen molar-refractivity contribution in [2.75, 3.05) is 0 Å². The largest absolute Gasteiger partial charge is 0.506 e. The normalized spacial score (nSPS) is 15.4. The van der Waals surface area contributed by atoms with Gasteiger partial charge in [-0.1, -0.05) is 77.6 Å². The van der Waals surface area contributed by atoms with Crippen molar-refractivity contribution < 1.29 is 5.11 Å². The van der Waals surface area contributed by atoms with Crippen molar-refractivity contribution in [2.24, 2.45) is 0 Å². The number of phenols is 1. The van der Waals surface area contributed by atoms with Crippen LogP contribution in [0.4, 0.5) is 0 Å². The van der Waals surface area contributed by atoms with Crippen LogP contribution in [-0.2, 0) is 10.8 Å². The minimum Gasteiger partial charge on any atom is -0.506 e. The maximum Gasteiger partial charge on any atom is 0.133 e. The molecule has 1 N–H and O–H groups in total. The Labute approximate surface area is 133 Å². The van der Waals surface area contributed by atoms with Crippen LogP contribution in [0.15, 0.2) is 40.2 Å². The van der Waals surface area contributed by atoms with Gasteiger partial charge >= 0.3 is 0 Å². The maximum absolute atomic E-state index is 10.7. The fourth-order valence-corrected chi connectivity index (χ4v) is 3.34. The lowest BCUT2D eigenvalue weighted by Gasteiger charge is -2.27. The summed E-state index contributed by atoms with van der Waals surface area (Å²) in [6.45, 7) is 13.1. The number of phenolic OH excluding ortho intramolecular Hbond substituents is 1. The van der Waals surface area contributed by atoms with Crippen molar-refractivity contribution in [2.45, 2.75) is 63.7 Å². The molecular formula is C19H26OS.